The summed E-state index contributed by atoms with van der Waals surface area (Å²) in [5, 5.41) is 0.0500. The van der Waals surface area contributed by atoms with E-state index in [2.05, 4.69) is 0 Å². The van der Waals surface area contributed by atoms with Crippen molar-refractivity contribution in [2.45, 2.75) is 12.8 Å². The van der Waals surface area contributed by atoms with E-state index in [1.165, 1.54) is 12.1 Å². The Kier molecular flexibility index (Phi) is 2.66. The Bertz CT molecular complexity index is 331. The maximum Gasteiger partial charge on any atom is 0.270 e. The molecule has 0 bridgehead atoms. The van der Waals surface area contributed by atoms with Crippen LogP contribution in [0.15, 0.2) is 18.2 Å². The average Bonchev–Trinajstić information content (AvgIpc) is 2.02. The van der Waals surface area contributed by atoms with E-state index in [9.17, 15) is 13.6 Å². The van der Waals surface area contributed by atoms with Crippen LogP contribution in [0, 0.1) is 0 Å². The van der Waals surface area contributed by atoms with E-state index in [0.29, 0.717) is 6.29 Å². The van der Waals surface area contributed by atoms with Crippen molar-refractivity contribution in [3.05, 3.63) is 34.3 Å². The summed E-state index contributed by atoms with van der Waals surface area (Å²) in [4.78, 5) is 10.3. The Labute approximate surface area is 79.3 Å². The predicted octanol–water partition coefficient (Wildman–Crippen LogP) is 3.26. The molecule has 0 unspecified atom stereocenters. The minimum Gasteiger partial charge on any atom is -0.298 e. The Balaban J connectivity index is 3.17. The summed E-state index contributed by atoms with van der Waals surface area (Å²) in [6.07, 6.45) is 0.528. The fraction of sp³-hybridized carbons (Fsp3) is 0.222. The van der Waals surface area contributed by atoms with Gasteiger partial charge in [-0.1, -0.05) is 17.7 Å². The van der Waals surface area contributed by atoms with Crippen molar-refractivity contribution in [3.63, 3.8) is 0 Å². The number of carbonyl (C=O) groups is 1. The highest BCUT2D eigenvalue weighted by Gasteiger charge is 2.24. The molecule has 0 saturated heterocycles. The molecule has 1 aromatic rings. The lowest BCUT2D eigenvalue weighted by Crippen LogP contribution is -2.06. The normalized spacial score (nSPS) is 11.4. The molecule has 0 amide bonds. The molecule has 1 aromatic carbocycles. The standard InChI is InChI=1S/C9H7ClF2O/c1-9(11,12)7-3-2-6(5-13)8(10)4-7/h2-5H,1H3. The van der Waals surface area contributed by atoms with Crippen molar-refractivity contribution in [1.29, 1.82) is 0 Å². The second-order valence-electron chi connectivity index (χ2n) is 2.74. The summed E-state index contributed by atoms with van der Waals surface area (Å²) in [6.45, 7) is 0.777. The first-order valence-electron chi connectivity index (χ1n) is 3.58. The number of alkyl halides is 2. The van der Waals surface area contributed by atoms with Gasteiger partial charge >= 0.3 is 0 Å². The molecule has 1 rings (SSSR count). The number of hydrogen-bond acceptors (Lipinski definition) is 1. The van der Waals surface area contributed by atoms with Gasteiger partial charge in [-0.25, -0.2) is 8.78 Å². The van der Waals surface area contributed by atoms with Crippen LogP contribution < -0.4 is 0 Å². The van der Waals surface area contributed by atoms with Gasteiger partial charge in [0.15, 0.2) is 6.29 Å². The lowest BCUT2D eigenvalue weighted by atomic mass is 10.1. The molecular weight excluding hydrogens is 198 g/mol. The van der Waals surface area contributed by atoms with Gasteiger partial charge in [-0.05, 0) is 12.1 Å². The zero-order valence-corrected chi connectivity index (χ0v) is 7.61. The molecule has 0 heterocycles. The number of hydrogen-bond donors (Lipinski definition) is 0. The quantitative estimate of drug-likeness (QED) is 0.676. The number of aldehydes is 1. The van der Waals surface area contributed by atoms with E-state index >= 15 is 0 Å². The molecule has 0 aromatic heterocycles. The molecule has 13 heavy (non-hydrogen) atoms. The Morgan fingerprint density at radius 3 is 2.46 bits per heavy atom. The molecule has 0 spiro atoms. The largest absolute Gasteiger partial charge is 0.298 e. The van der Waals surface area contributed by atoms with E-state index in [1.807, 2.05) is 0 Å². The first kappa shape index (κ1) is 10.1. The number of carbonyl (C=O) groups excluding carboxylic acids is 1. The summed E-state index contributed by atoms with van der Waals surface area (Å²) in [5.74, 6) is -2.93. The first-order valence-corrected chi connectivity index (χ1v) is 3.96. The van der Waals surface area contributed by atoms with Gasteiger partial charge in [0.2, 0.25) is 0 Å². The monoisotopic (exact) mass is 204 g/mol. The first-order chi connectivity index (χ1) is 5.95. The highest BCUT2D eigenvalue weighted by Crippen LogP contribution is 2.29. The van der Waals surface area contributed by atoms with Gasteiger partial charge in [-0.15, -0.1) is 0 Å². The second-order valence-corrected chi connectivity index (χ2v) is 3.15. The van der Waals surface area contributed by atoms with Gasteiger partial charge in [0.25, 0.3) is 5.92 Å². The van der Waals surface area contributed by atoms with Crippen LogP contribution in [0.2, 0.25) is 5.02 Å². The smallest absolute Gasteiger partial charge is 0.270 e. The van der Waals surface area contributed by atoms with Crippen molar-refractivity contribution in [1.82, 2.24) is 0 Å². The predicted molar refractivity (Wildman–Crippen MR) is 46.4 cm³/mol. The molecular formula is C9H7ClF2O. The van der Waals surface area contributed by atoms with Crippen molar-refractivity contribution in [2.24, 2.45) is 0 Å². The van der Waals surface area contributed by atoms with Gasteiger partial charge in [0, 0.05) is 18.1 Å². The van der Waals surface area contributed by atoms with Crippen LogP contribution in [0.5, 0.6) is 0 Å². The van der Waals surface area contributed by atoms with Crippen LogP contribution in [0.4, 0.5) is 8.78 Å². The van der Waals surface area contributed by atoms with Crippen LogP contribution in [-0.4, -0.2) is 6.29 Å². The zero-order chi connectivity index (χ0) is 10.1. The molecule has 0 radical (unpaired) electrons. The van der Waals surface area contributed by atoms with Crippen LogP contribution in [0.3, 0.4) is 0 Å². The SMILES string of the molecule is CC(F)(F)c1ccc(C=O)c(Cl)c1. The highest BCUT2D eigenvalue weighted by atomic mass is 35.5. The van der Waals surface area contributed by atoms with E-state index in [4.69, 9.17) is 11.6 Å². The Morgan fingerprint density at radius 1 is 1.46 bits per heavy atom. The van der Waals surface area contributed by atoms with E-state index in [1.54, 1.807) is 0 Å². The van der Waals surface area contributed by atoms with Crippen molar-refractivity contribution < 1.29 is 13.6 Å². The van der Waals surface area contributed by atoms with Crippen LogP contribution >= 0.6 is 11.6 Å². The molecule has 0 fully saturated rings. The van der Waals surface area contributed by atoms with E-state index in [-0.39, 0.29) is 16.1 Å². The van der Waals surface area contributed by atoms with Crippen LogP contribution in [-0.2, 0) is 5.92 Å². The lowest BCUT2D eigenvalue weighted by Gasteiger charge is -2.10. The van der Waals surface area contributed by atoms with Gasteiger partial charge in [0.1, 0.15) is 0 Å². The summed E-state index contributed by atoms with van der Waals surface area (Å²) >= 11 is 5.57. The molecule has 0 saturated carbocycles. The Morgan fingerprint density at radius 2 is 2.08 bits per heavy atom. The zero-order valence-electron chi connectivity index (χ0n) is 6.85. The van der Waals surface area contributed by atoms with Crippen molar-refractivity contribution in [3.8, 4) is 0 Å². The topological polar surface area (TPSA) is 17.1 Å². The van der Waals surface area contributed by atoms with E-state index in [0.717, 1.165) is 13.0 Å². The van der Waals surface area contributed by atoms with Crippen molar-refractivity contribution in [2.75, 3.05) is 0 Å². The minimum atomic E-state index is -2.93. The third kappa shape index (κ3) is 2.25. The van der Waals surface area contributed by atoms with Crippen LogP contribution in [0.1, 0.15) is 22.8 Å². The molecule has 1 nitrogen and oxygen atoms in total. The second kappa shape index (κ2) is 3.42. The van der Waals surface area contributed by atoms with E-state index < -0.39 is 5.92 Å². The van der Waals surface area contributed by atoms with Crippen molar-refractivity contribution >= 4 is 17.9 Å². The number of benzene rings is 1. The van der Waals surface area contributed by atoms with Gasteiger partial charge in [-0.2, -0.15) is 0 Å². The lowest BCUT2D eigenvalue weighted by molar-refractivity contribution is 0.0174. The molecule has 70 valence electrons. The number of halogens is 3. The molecule has 0 aliphatic carbocycles. The maximum atomic E-state index is 12.7. The molecule has 0 N–H and O–H groups in total. The van der Waals surface area contributed by atoms with Gasteiger partial charge in [0.05, 0.1) is 5.02 Å². The Hall–Kier alpha value is -0.960. The average molecular weight is 205 g/mol. The minimum absolute atomic E-state index is 0.0500. The fourth-order valence-electron chi connectivity index (χ4n) is 0.896. The summed E-state index contributed by atoms with van der Waals surface area (Å²) in [7, 11) is 0. The summed E-state index contributed by atoms with van der Waals surface area (Å²) in [5.41, 5.74) is 0.0257. The number of rotatable bonds is 2. The summed E-state index contributed by atoms with van der Waals surface area (Å²) < 4.78 is 25.4. The third-order valence-electron chi connectivity index (χ3n) is 1.63. The molecule has 4 heteroatoms. The fourth-order valence-corrected chi connectivity index (χ4v) is 1.12. The van der Waals surface area contributed by atoms with Crippen LogP contribution in [0.25, 0.3) is 0 Å². The summed E-state index contributed by atoms with van der Waals surface area (Å²) in [6, 6.07) is 3.57. The van der Waals surface area contributed by atoms with Gasteiger partial charge in [-0.3, -0.25) is 4.79 Å². The third-order valence-corrected chi connectivity index (χ3v) is 1.96. The highest BCUT2D eigenvalue weighted by molar-refractivity contribution is 6.33. The molecule has 0 atom stereocenters. The van der Waals surface area contributed by atoms with Gasteiger partial charge < -0.3 is 0 Å². The molecule has 0 aliphatic rings. The maximum absolute atomic E-state index is 12.7. The molecule has 0 aliphatic heterocycles.